The summed E-state index contributed by atoms with van der Waals surface area (Å²) in [5.74, 6) is 0.295. The summed E-state index contributed by atoms with van der Waals surface area (Å²) in [5, 5.41) is 6.40. The minimum atomic E-state index is -0.315. The molecule has 1 heterocycles. The van der Waals surface area contributed by atoms with Gasteiger partial charge in [-0.3, -0.25) is 9.59 Å². The molecule has 2 amide bonds. The molecule has 0 fully saturated rings. The number of benzene rings is 3. The van der Waals surface area contributed by atoms with Gasteiger partial charge in [-0.25, -0.2) is 4.98 Å². The van der Waals surface area contributed by atoms with Crippen LogP contribution in [-0.4, -0.2) is 28.3 Å². The van der Waals surface area contributed by atoms with Gasteiger partial charge in [-0.15, -0.1) is 0 Å². The molecule has 0 aliphatic rings. The SMILES string of the molecule is O=C(CCNC(=O)c1ccc(Cl)cc1)N[C@@H](Cc1ccccc1)c1nc2ccccc2[nH]1. The third-order valence-electron chi connectivity index (χ3n) is 5.10. The molecule has 0 aliphatic heterocycles. The van der Waals surface area contributed by atoms with Gasteiger partial charge < -0.3 is 15.6 Å². The number of hydrogen-bond acceptors (Lipinski definition) is 3. The molecule has 1 aromatic heterocycles. The smallest absolute Gasteiger partial charge is 0.251 e. The largest absolute Gasteiger partial charge is 0.352 e. The lowest BCUT2D eigenvalue weighted by Crippen LogP contribution is -2.34. The number of nitrogens with one attached hydrogen (secondary N) is 3. The molecule has 32 heavy (non-hydrogen) atoms. The molecular formula is C25H23ClN4O2. The lowest BCUT2D eigenvalue weighted by atomic mass is 10.1. The predicted octanol–water partition coefficient (Wildman–Crippen LogP) is 4.44. The van der Waals surface area contributed by atoms with E-state index in [0.717, 1.165) is 16.6 Å². The van der Waals surface area contributed by atoms with Crippen LogP contribution >= 0.6 is 11.6 Å². The summed E-state index contributed by atoms with van der Waals surface area (Å²) in [6.07, 6.45) is 0.758. The number of imidazole rings is 1. The molecule has 0 spiro atoms. The van der Waals surface area contributed by atoms with Crippen LogP contribution in [0.25, 0.3) is 11.0 Å². The Kier molecular flexibility index (Phi) is 6.82. The number of carbonyl (C=O) groups is 2. The minimum absolute atomic E-state index is 0.158. The summed E-state index contributed by atoms with van der Waals surface area (Å²) in [5.41, 5.74) is 3.36. The molecular weight excluding hydrogens is 424 g/mol. The van der Waals surface area contributed by atoms with E-state index in [1.165, 1.54) is 0 Å². The van der Waals surface area contributed by atoms with Gasteiger partial charge in [0, 0.05) is 23.6 Å². The summed E-state index contributed by atoms with van der Waals surface area (Å²) in [7, 11) is 0. The average molecular weight is 447 g/mol. The Hall–Kier alpha value is -3.64. The molecule has 0 saturated heterocycles. The fourth-order valence-corrected chi connectivity index (χ4v) is 3.59. The first kappa shape index (κ1) is 21.6. The van der Waals surface area contributed by atoms with Crippen molar-refractivity contribution in [2.45, 2.75) is 18.9 Å². The Balaban J connectivity index is 1.40. The summed E-state index contributed by atoms with van der Waals surface area (Å²) >= 11 is 5.85. The molecule has 1 atom stereocenters. The van der Waals surface area contributed by atoms with E-state index in [1.807, 2.05) is 54.6 Å². The molecule has 0 aliphatic carbocycles. The van der Waals surface area contributed by atoms with Gasteiger partial charge in [0.15, 0.2) is 0 Å². The average Bonchev–Trinajstić information content (AvgIpc) is 3.24. The van der Waals surface area contributed by atoms with Gasteiger partial charge in [0.25, 0.3) is 5.91 Å². The van der Waals surface area contributed by atoms with Gasteiger partial charge >= 0.3 is 0 Å². The molecule has 0 radical (unpaired) electrons. The van der Waals surface area contributed by atoms with E-state index < -0.39 is 0 Å². The number of para-hydroxylation sites is 2. The second kappa shape index (κ2) is 10.1. The Labute approximate surface area is 191 Å². The van der Waals surface area contributed by atoms with Crippen molar-refractivity contribution in [1.29, 1.82) is 0 Å². The lowest BCUT2D eigenvalue weighted by Gasteiger charge is -2.17. The van der Waals surface area contributed by atoms with Crippen molar-refractivity contribution in [3.8, 4) is 0 Å². The van der Waals surface area contributed by atoms with Gasteiger partial charge in [0.05, 0.1) is 17.1 Å². The molecule has 7 heteroatoms. The number of nitrogens with zero attached hydrogens (tertiary/aromatic N) is 1. The monoisotopic (exact) mass is 446 g/mol. The summed E-state index contributed by atoms with van der Waals surface area (Å²) in [4.78, 5) is 32.9. The maximum Gasteiger partial charge on any atom is 0.251 e. The van der Waals surface area contributed by atoms with Crippen molar-refractivity contribution in [2.75, 3.05) is 6.54 Å². The fraction of sp³-hybridized carbons (Fsp3) is 0.160. The van der Waals surface area contributed by atoms with Gasteiger partial charge in [0.2, 0.25) is 5.91 Å². The minimum Gasteiger partial charge on any atom is -0.352 e. The molecule has 4 aromatic rings. The number of fused-ring (bicyclic) bond motifs is 1. The van der Waals surface area contributed by atoms with E-state index in [9.17, 15) is 9.59 Å². The highest BCUT2D eigenvalue weighted by molar-refractivity contribution is 6.30. The first-order valence-corrected chi connectivity index (χ1v) is 10.8. The summed E-state index contributed by atoms with van der Waals surface area (Å²) < 4.78 is 0. The second-order valence-corrected chi connectivity index (χ2v) is 7.90. The highest BCUT2D eigenvalue weighted by Gasteiger charge is 2.19. The number of aromatic amines is 1. The van der Waals surface area contributed by atoms with Crippen LogP contribution in [0.3, 0.4) is 0 Å². The number of hydrogen-bond donors (Lipinski definition) is 3. The fourth-order valence-electron chi connectivity index (χ4n) is 3.46. The number of carbonyl (C=O) groups excluding carboxylic acids is 2. The highest BCUT2D eigenvalue weighted by Crippen LogP contribution is 2.20. The number of H-pyrrole nitrogens is 1. The van der Waals surface area contributed by atoms with Crippen LogP contribution in [0.2, 0.25) is 5.02 Å². The molecule has 162 valence electrons. The zero-order chi connectivity index (χ0) is 22.3. The van der Waals surface area contributed by atoms with Crippen molar-refractivity contribution in [2.24, 2.45) is 0 Å². The summed E-state index contributed by atoms with van der Waals surface area (Å²) in [6.45, 7) is 0.228. The molecule has 0 saturated carbocycles. The van der Waals surface area contributed by atoms with E-state index in [0.29, 0.717) is 22.8 Å². The predicted molar refractivity (Wildman–Crippen MR) is 126 cm³/mol. The molecule has 3 N–H and O–H groups in total. The van der Waals surface area contributed by atoms with Crippen LogP contribution in [0, 0.1) is 0 Å². The van der Waals surface area contributed by atoms with Crippen molar-refractivity contribution in [3.05, 3.63) is 101 Å². The van der Waals surface area contributed by atoms with Gasteiger partial charge in [-0.1, -0.05) is 54.1 Å². The van der Waals surface area contributed by atoms with Crippen molar-refractivity contribution < 1.29 is 9.59 Å². The molecule has 6 nitrogen and oxygen atoms in total. The normalized spacial score (nSPS) is 11.8. The third kappa shape index (κ3) is 5.53. The van der Waals surface area contributed by atoms with Crippen molar-refractivity contribution >= 4 is 34.4 Å². The Bertz CT molecular complexity index is 1170. The van der Waals surface area contributed by atoms with Crippen LogP contribution in [0.15, 0.2) is 78.9 Å². The third-order valence-corrected chi connectivity index (χ3v) is 5.35. The zero-order valence-electron chi connectivity index (χ0n) is 17.3. The maximum atomic E-state index is 12.7. The van der Waals surface area contributed by atoms with Gasteiger partial charge in [-0.05, 0) is 48.4 Å². The van der Waals surface area contributed by atoms with Crippen LogP contribution < -0.4 is 10.6 Å². The first-order chi connectivity index (χ1) is 15.6. The maximum absolute atomic E-state index is 12.7. The standard InChI is InChI=1S/C25H23ClN4O2/c26-19-12-10-18(11-13-19)25(32)27-15-14-23(31)28-22(16-17-6-2-1-3-7-17)24-29-20-8-4-5-9-21(20)30-24/h1-13,22H,14-16H2,(H,27,32)(H,28,31)(H,29,30)/t22-/m0/s1. The van der Waals surface area contributed by atoms with Crippen LogP contribution in [0.1, 0.15) is 34.2 Å². The van der Waals surface area contributed by atoms with E-state index >= 15 is 0 Å². The molecule has 0 unspecified atom stereocenters. The zero-order valence-corrected chi connectivity index (χ0v) is 18.1. The number of halogens is 1. The molecule has 3 aromatic carbocycles. The first-order valence-electron chi connectivity index (χ1n) is 10.4. The Morgan fingerprint density at radius 2 is 1.66 bits per heavy atom. The quantitative estimate of drug-likeness (QED) is 0.374. The number of amides is 2. The van der Waals surface area contributed by atoms with Gasteiger partial charge in [0.1, 0.15) is 5.82 Å². The number of rotatable bonds is 8. The van der Waals surface area contributed by atoms with Crippen LogP contribution in [0.5, 0.6) is 0 Å². The lowest BCUT2D eigenvalue weighted by molar-refractivity contribution is -0.121. The van der Waals surface area contributed by atoms with E-state index in [-0.39, 0.29) is 30.8 Å². The van der Waals surface area contributed by atoms with E-state index in [1.54, 1.807) is 24.3 Å². The topological polar surface area (TPSA) is 86.9 Å². The summed E-state index contributed by atoms with van der Waals surface area (Å²) in [6, 6.07) is 24.0. The number of aromatic nitrogens is 2. The second-order valence-electron chi connectivity index (χ2n) is 7.46. The van der Waals surface area contributed by atoms with Crippen LogP contribution in [-0.2, 0) is 11.2 Å². The Morgan fingerprint density at radius 1 is 0.938 bits per heavy atom. The van der Waals surface area contributed by atoms with Crippen molar-refractivity contribution in [1.82, 2.24) is 20.6 Å². The highest BCUT2D eigenvalue weighted by atomic mass is 35.5. The Morgan fingerprint density at radius 3 is 2.41 bits per heavy atom. The molecule has 0 bridgehead atoms. The van der Waals surface area contributed by atoms with E-state index in [4.69, 9.17) is 11.6 Å². The van der Waals surface area contributed by atoms with E-state index in [2.05, 4.69) is 20.6 Å². The van der Waals surface area contributed by atoms with Crippen LogP contribution in [0.4, 0.5) is 0 Å². The van der Waals surface area contributed by atoms with Crippen molar-refractivity contribution in [3.63, 3.8) is 0 Å². The molecule has 4 rings (SSSR count). The van der Waals surface area contributed by atoms with Gasteiger partial charge in [-0.2, -0.15) is 0 Å².